The van der Waals surface area contributed by atoms with Gasteiger partial charge in [-0.25, -0.2) is 14.6 Å². The van der Waals surface area contributed by atoms with Gasteiger partial charge in [-0.05, 0) is 31.9 Å². The van der Waals surface area contributed by atoms with E-state index >= 15 is 0 Å². The molecular weight excluding hydrogens is 414 g/mol. The first-order valence-electron chi connectivity index (χ1n) is 10.9. The van der Waals surface area contributed by atoms with Gasteiger partial charge >= 0.3 is 5.97 Å². The molecule has 2 heterocycles. The molecular formula is C26H23N5O2. The molecule has 1 atom stereocenters. The van der Waals surface area contributed by atoms with E-state index in [0.29, 0.717) is 17.8 Å². The van der Waals surface area contributed by atoms with E-state index in [1.54, 1.807) is 24.4 Å². The Morgan fingerprint density at radius 1 is 1.27 bits per heavy atom. The first-order chi connectivity index (χ1) is 16.1. The molecule has 2 aromatic carbocycles. The van der Waals surface area contributed by atoms with Crippen LogP contribution in [0.25, 0.3) is 15.7 Å². The molecule has 0 saturated carbocycles. The molecule has 5 rings (SSSR count). The number of hydrogen-bond donors (Lipinski definition) is 0. The first-order valence-corrected chi connectivity index (χ1v) is 10.9. The van der Waals surface area contributed by atoms with Crippen LogP contribution in [0.15, 0.2) is 66.1 Å². The van der Waals surface area contributed by atoms with Crippen molar-refractivity contribution in [3.63, 3.8) is 0 Å². The summed E-state index contributed by atoms with van der Waals surface area (Å²) in [5.41, 5.74) is 4.84. The van der Waals surface area contributed by atoms with Crippen LogP contribution in [0.3, 0.4) is 0 Å². The fourth-order valence-corrected chi connectivity index (χ4v) is 4.65. The maximum Gasteiger partial charge on any atom is 0.364 e. The number of para-hydroxylation sites is 1. The van der Waals surface area contributed by atoms with Crippen LogP contribution < -0.4 is 0 Å². The van der Waals surface area contributed by atoms with E-state index in [1.165, 1.54) is 11.8 Å². The van der Waals surface area contributed by atoms with E-state index < -0.39 is 5.97 Å². The Morgan fingerprint density at radius 3 is 2.91 bits per heavy atom. The Labute approximate surface area is 191 Å². The topological polar surface area (TPSA) is 65.8 Å². The summed E-state index contributed by atoms with van der Waals surface area (Å²) in [5.74, 6) is 0.433. The molecule has 2 aromatic heterocycles. The van der Waals surface area contributed by atoms with Crippen molar-refractivity contribution in [2.75, 3.05) is 0 Å². The zero-order chi connectivity index (χ0) is 22.9. The lowest BCUT2D eigenvalue weighted by molar-refractivity contribution is 0.0513. The minimum Gasteiger partial charge on any atom is -0.347 e. The van der Waals surface area contributed by atoms with E-state index in [1.807, 2.05) is 25.3 Å². The summed E-state index contributed by atoms with van der Waals surface area (Å²) in [5, 5.41) is 5.56. The van der Waals surface area contributed by atoms with Gasteiger partial charge in [-0.1, -0.05) is 41.6 Å². The van der Waals surface area contributed by atoms with Crippen molar-refractivity contribution < 1.29 is 9.63 Å². The number of rotatable bonds is 4. The van der Waals surface area contributed by atoms with Crippen molar-refractivity contribution in [2.45, 2.75) is 26.3 Å². The van der Waals surface area contributed by atoms with E-state index in [-0.39, 0.29) is 5.92 Å². The zero-order valence-electron chi connectivity index (χ0n) is 18.5. The third kappa shape index (κ3) is 3.70. The van der Waals surface area contributed by atoms with Gasteiger partial charge in [0.15, 0.2) is 5.69 Å². The number of benzene rings is 2. The summed E-state index contributed by atoms with van der Waals surface area (Å²) in [6.45, 7) is 9.86. The summed E-state index contributed by atoms with van der Waals surface area (Å²) >= 11 is 0. The van der Waals surface area contributed by atoms with Gasteiger partial charge in [0.05, 0.1) is 17.8 Å². The molecule has 0 spiro atoms. The predicted molar refractivity (Wildman–Crippen MR) is 126 cm³/mol. The highest BCUT2D eigenvalue weighted by molar-refractivity contribution is 6.14. The van der Waals surface area contributed by atoms with Crippen LogP contribution in [0.2, 0.25) is 0 Å². The second kappa shape index (κ2) is 8.40. The Balaban J connectivity index is 1.57. The number of aryl methyl sites for hydroxylation is 2. The smallest absolute Gasteiger partial charge is 0.347 e. The van der Waals surface area contributed by atoms with Crippen LogP contribution in [0.1, 0.15) is 33.9 Å². The van der Waals surface area contributed by atoms with Crippen LogP contribution in [-0.2, 0) is 24.9 Å². The van der Waals surface area contributed by atoms with E-state index in [0.717, 1.165) is 40.8 Å². The predicted octanol–water partition coefficient (Wildman–Crippen LogP) is 5.06. The van der Waals surface area contributed by atoms with E-state index in [4.69, 9.17) is 11.4 Å². The fourth-order valence-electron chi connectivity index (χ4n) is 4.65. The molecule has 0 saturated heterocycles. The average Bonchev–Trinajstić information content (AvgIpc) is 3.38. The van der Waals surface area contributed by atoms with Crippen LogP contribution >= 0.6 is 0 Å². The Kier molecular flexibility index (Phi) is 5.27. The van der Waals surface area contributed by atoms with Crippen molar-refractivity contribution in [3.05, 3.63) is 95.0 Å². The van der Waals surface area contributed by atoms with Crippen LogP contribution in [-0.4, -0.2) is 25.8 Å². The average molecular weight is 438 g/mol. The number of hydrogen-bond acceptors (Lipinski definition) is 4. The lowest BCUT2D eigenvalue weighted by atomic mass is 9.84. The summed E-state index contributed by atoms with van der Waals surface area (Å²) in [7, 11) is 2.07. The molecule has 4 aromatic rings. The van der Waals surface area contributed by atoms with Gasteiger partial charge in [0.2, 0.25) is 0 Å². The molecule has 0 amide bonds. The van der Waals surface area contributed by atoms with Crippen molar-refractivity contribution >= 4 is 28.3 Å². The minimum absolute atomic E-state index is 0.0681. The normalized spacial score (nSPS) is 16.5. The molecule has 7 nitrogen and oxygen atoms in total. The van der Waals surface area contributed by atoms with Crippen LogP contribution in [0, 0.1) is 19.4 Å². The Bertz CT molecular complexity index is 1440. The standard InChI is InChI=1S/C26H23N5O2/c1-17-28-13-14-31(17)16-19-11-12-23-24(21-9-4-5-10-22(21)30(23)3)25(19)29-33-26(32)18-7-6-8-20(15-18)27-2/h4-10,13-15,19H,11-12,16H2,1,3H3/b29-25+. The molecule has 0 bridgehead atoms. The van der Waals surface area contributed by atoms with Gasteiger partial charge in [-0.15, -0.1) is 0 Å². The second-order valence-corrected chi connectivity index (χ2v) is 8.28. The van der Waals surface area contributed by atoms with Gasteiger partial charge in [0.1, 0.15) is 5.82 Å². The number of nitrogens with zero attached hydrogens (tertiary/aromatic N) is 5. The lowest BCUT2D eigenvalue weighted by Gasteiger charge is -2.25. The first kappa shape index (κ1) is 20.7. The minimum atomic E-state index is -0.571. The van der Waals surface area contributed by atoms with E-state index in [2.05, 4.69) is 43.3 Å². The molecule has 0 N–H and O–H groups in total. The number of oxime groups is 1. The van der Waals surface area contributed by atoms with Crippen LogP contribution in [0.4, 0.5) is 5.69 Å². The number of aromatic nitrogens is 3. The van der Waals surface area contributed by atoms with Crippen molar-refractivity contribution in [3.8, 4) is 0 Å². The third-order valence-corrected chi connectivity index (χ3v) is 6.38. The highest BCUT2D eigenvalue weighted by Crippen LogP contribution is 2.35. The summed E-state index contributed by atoms with van der Waals surface area (Å²) in [6.07, 6.45) is 5.56. The fraction of sp³-hybridized carbons (Fsp3) is 0.231. The molecule has 33 heavy (non-hydrogen) atoms. The molecule has 1 unspecified atom stereocenters. The molecule has 0 fully saturated rings. The van der Waals surface area contributed by atoms with Gasteiger partial charge < -0.3 is 14.0 Å². The van der Waals surface area contributed by atoms with Crippen molar-refractivity contribution in [2.24, 2.45) is 18.1 Å². The van der Waals surface area contributed by atoms with Gasteiger partial charge in [-0.3, -0.25) is 0 Å². The monoisotopic (exact) mass is 437 g/mol. The van der Waals surface area contributed by atoms with Crippen LogP contribution in [0.5, 0.6) is 0 Å². The third-order valence-electron chi connectivity index (χ3n) is 6.38. The Morgan fingerprint density at radius 2 is 2.12 bits per heavy atom. The molecule has 0 aliphatic heterocycles. The van der Waals surface area contributed by atoms with Crippen molar-refractivity contribution in [1.29, 1.82) is 0 Å². The number of imidazole rings is 1. The number of carbonyl (C=O) groups is 1. The summed E-state index contributed by atoms with van der Waals surface area (Å²) in [4.78, 5) is 26.0. The van der Waals surface area contributed by atoms with Gasteiger partial charge in [0.25, 0.3) is 0 Å². The zero-order valence-corrected chi connectivity index (χ0v) is 18.5. The highest BCUT2D eigenvalue weighted by Gasteiger charge is 2.32. The van der Waals surface area contributed by atoms with Gasteiger partial charge in [0, 0.05) is 54.1 Å². The molecule has 1 aliphatic rings. The lowest BCUT2D eigenvalue weighted by Crippen LogP contribution is -2.28. The van der Waals surface area contributed by atoms with Crippen molar-refractivity contribution in [1.82, 2.24) is 14.1 Å². The number of carbonyl (C=O) groups excluding carboxylic acids is 1. The molecule has 164 valence electrons. The maximum atomic E-state index is 12.8. The molecule has 1 aliphatic carbocycles. The SMILES string of the molecule is [C-]#[N+]c1cccc(C(=O)O/N=C2/c3c(n(C)c4ccccc34)CCC2Cn2ccnc2C)c1. The Hall–Kier alpha value is -4.18. The largest absolute Gasteiger partial charge is 0.364 e. The quantitative estimate of drug-likeness (QED) is 0.255. The summed E-state index contributed by atoms with van der Waals surface area (Å²) < 4.78 is 4.32. The van der Waals surface area contributed by atoms with E-state index in [9.17, 15) is 4.79 Å². The second-order valence-electron chi connectivity index (χ2n) is 8.28. The highest BCUT2D eigenvalue weighted by atomic mass is 16.7. The molecule has 7 heteroatoms. The van der Waals surface area contributed by atoms with Gasteiger partial charge in [-0.2, -0.15) is 0 Å². The maximum absolute atomic E-state index is 12.8. The number of fused-ring (bicyclic) bond motifs is 3. The molecule has 0 radical (unpaired) electrons. The summed E-state index contributed by atoms with van der Waals surface area (Å²) in [6, 6.07) is 14.7.